The Morgan fingerprint density at radius 2 is 1.92 bits per heavy atom. The van der Waals surface area contributed by atoms with Crippen LogP contribution in [0, 0.1) is 5.92 Å². The van der Waals surface area contributed by atoms with E-state index in [9.17, 15) is 9.59 Å². The smallest absolute Gasteiger partial charge is 0.309 e. The minimum atomic E-state index is -0.297. The Hall–Kier alpha value is -2.28. The third-order valence-electron chi connectivity index (χ3n) is 3.63. The van der Waals surface area contributed by atoms with Crippen LogP contribution in [0.3, 0.4) is 0 Å². The molecule has 1 N–H and O–H groups in total. The van der Waals surface area contributed by atoms with Crippen molar-refractivity contribution in [3.8, 4) is 11.5 Å². The minimum absolute atomic E-state index is 0.165. The fourth-order valence-corrected chi connectivity index (χ4v) is 2.27. The molecule has 0 saturated heterocycles. The molecule has 1 aromatic carbocycles. The van der Waals surface area contributed by atoms with Gasteiger partial charge < -0.3 is 19.5 Å². The van der Waals surface area contributed by atoms with E-state index in [2.05, 4.69) is 5.32 Å². The first kappa shape index (κ1) is 19.8. The zero-order chi connectivity index (χ0) is 18.1. The number of likely N-dealkylation sites (N-methyl/N-ethyl adjacent to an activating group) is 1. The average molecular weight is 338 g/mol. The van der Waals surface area contributed by atoms with E-state index in [1.807, 2.05) is 11.8 Å². The summed E-state index contributed by atoms with van der Waals surface area (Å²) < 4.78 is 15.1. The highest BCUT2D eigenvalue weighted by Crippen LogP contribution is 2.28. The minimum Gasteiger partial charge on any atom is -0.497 e. The molecule has 7 heteroatoms. The van der Waals surface area contributed by atoms with Crippen LogP contribution < -0.4 is 14.8 Å². The second kappa shape index (κ2) is 9.77. The van der Waals surface area contributed by atoms with Crippen molar-refractivity contribution in [3.05, 3.63) is 18.2 Å². The number of hydrogen-bond donors (Lipinski definition) is 1. The highest BCUT2D eigenvalue weighted by Gasteiger charge is 2.19. The number of carbonyl (C=O) groups excluding carboxylic acids is 2. The van der Waals surface area contributed by atoms with Gasteiger partial charge >= 0.3 is 5.97 Å². The number of hydrogen-bond acceptors (Lipinski definition) is 6. The molecule has 1 aromatic rings. The summed E-state index contributed by atoms with van der Waals surface area (Å²) in [5.74, 6) is 0.394. The molecule has 7 nitrogen and oxygen atoms in total. The number of carbonyl (C=O) groups is 2. The molecule has 24 heavy (non-hydrogen) atoms. The molecule has 0 aliphatic heterocycles. The van der Waals surface area contributed by atoms with Crippen molar-refractivity contribution in [2.24, 2.45) is 5.92 Å². The van der Waals surface area contributed by atoms with E-state index in [4.69, 9.17) is 14.2 Å². The first-order valence-corrected chi connectivity index (χ1v) is 7.77. The SMILES string of the molecule is CCN(CC(=O)Nc1cc(OC)ccc1OC)C[C@@H](C)C(=O)OC. The molecule has 134 valence electrons. The number of methoxy groups -OCH3 is 3. The van der Waals surface area contributed by atoms with Gasteiger partial charge in [0.15, 0.2) is 0 Å². The number of ether oxygens (including phenoxy) is 3. The van der Waals surface area contributed by atoms with Gasteiger partial charge in [0.2, 0.25) is 5.91 Å². The zero-order valence-corrected chi connectivity index (χ0v) is 14.9. The molecular weight excluding hydrogens is 312 g/mol. The Labute approximate surface area is 142 Å². The van der Waals surface area contributed by atoms with Gasteiger partial charge in [-0.1, -0.05) is 13.8 Å². The van der Waals surface area contributed by atoms with Crippen molar-refractivity contribution >= 4 is 17.6 Å². The largest absolute Gasteiger partial charge is 0.497 e. The van der Waals surface area contributed by atoms with Crippen LogP contribution in [-0.2, 0) is 14.3 Å². The standard InChI is InChI=1S/C17H26N2O5/c1-6-19(10-12(2)17(21)24-5)11-16(20)18-14-9-13(22-3)7-8-15(14)23-4/h7-9,12H,6,10-11H2,1-5H3,(H,18,20)/t12-/m1/s1. The van der Waals surface area contributed by atoms with Crippen LogP contribution in [0.15, 0.2) is 18.2 Å². The van der Waals surface area contributed by atoms with Crippen molar-refractivity contribution in [1.82, 2.24) is 4.90 Å². The van der Waals surface area contributed by atoms with Crippen LogP contribution in [0.25, 0.3) is 0 Å². The molecular formula is C17H26N2O5. The third kappa shape index (κ3) is 5.73. The Balaban J connectivity index is 2.71. The molecule has 1 atom stereocenters. The number of rotatable bonds is 9. The lowest BCUT2D eigenvalue weighted by Crippen LogP contribution is -2.38. The predicted molar refractivity (Wildman–Crippen MR) is 91.5 cm³/mol. The van der Waals surface area contributed by atoms with Crippen molar-refractivity contribution in [1.29, 1.82) is 0 Å². The highest BCUT2D eigenvalue weighted by molar-refractivity contribution is 5.94. The van der Waals surface area contributed by atoms with Gasteiger partial charge in [0.05, 0.1) is 39.5 Å². The Morgan fingerprint density at radius 1 is 1.21 bits per heavy atom. The van der Waals surface area contributed by atoms with E-state index < -0.39 is 0 Å². The maximum Gasteiger partial charge on any atom is 0.309 e. The number of nitrogens with zero attached hydrogens (tertiary/aromatic N) is 1. The van der Waals surface area contributed by atoms with Crippen LogP contribution in [0.4, 0.5) is 5.69 Å². The molecule has 1 rings (SSSR count). The van der Waals surface area contributed by atoms with Crippen LogP contribution in [-0.4, -0.2) is 57.7 Å². The number of esters is 1. The monoisotopic (exact) mass is 338 g/mol. The molecule has 0 spiro atoms. The summed E-state index contributed by atoms with van der Waals surface area (Å²) >= 11 is 0. The maximum absolute atomic E-state index is 12.3. The van der Waals surface area contributed by atoms with Gasteiger partial charge in [0.1, 0.15) is 11.5 Å². The third-order valence-corrected chi connectivity index (χ3v) is 3.63. The summed E-state index contributed by atoms with van der Waals surface area (Å²) in [5.41, 5.74) is 0.541. The predicted octanol–water partition coefficient (Wildman–Crippen LogP) is 1.77. The second-order valence-corrected chi connectivity index (χ2v) is 5.37. The Morgan fingerprint density at radius 3 is 2.46 bits per heavy atom. The van der Waals surface area contributed by atoms with Gasteiger partial charge in [0, 0.05) is 12.6 Å². The summed E-state index contributed by atoms with van der Waals surface area (Å²) in [6.45, 7) is 4.97. The molecule has 0 aromatic heterocycles. The number of anilines is 1. The van der Waals surface area contributed by atoms with Gasteiger partial charge in [-0.15, -0.1) is 0 Å². The van der Waals surface area contributed by atoms with Crippen molar-refractivity contribution in [2.45, 2.75) is 13.8 Å². The van der Waals surface area contributed by atoms with Crippen molar-refractivity contribution in [2.75, 3.05) is 46.3 Å². The lowest BCUT2D eigenvalue weighted by molar-refractivity contribution is -0.145. The maximum atomic E-state index is 12.3. The lowest BCUT2D eigenvalue weighted by atomic mass is 10.1. The quantitative estimate of drug-likeness (QED) is 0.692. The molecule has 0 unspecified atom stereocenters. The van der Waals surface area contributed by atoms with Gasteiger partial charge in [-0.05, 0) is 18.7 Å². The fourth-order valence-electron chi connectivity index (χ4n) is 2.27. The second-order valence-electron chi connectivity index (χ2n) is 5.37. The van der Waals surface area contributed by atoms with Crippen LogP contribution >= 0.6 is 0 Å². The van der Waals surface area contributed by atoms with Crippen LogP contribution in [0.1, 0.15) is 13.8 Å². The first-order chi connectivity index (χ1) is 11.4. The molecule has 1 amide bonds. The molecule has 0 bridgehead atoms. The first-order valence-electron chi connectivity index (χ1n) is 7.77. The van der Waals surface area contributed by atoms with Crippen molar-refractivity contribution in [3.63, 3.8) is 0 Å². The highest BCUT2D eigenvalue weighted by atomic mass is 16.5. The van der Waals surface area contributed by atoms with E-state index in [0.717, 1.165) is 0 Å². The van der Waals surface area contributed by atoms with E-state index in [0.29, 0.717) is 30.3 Å². The summed E-state index contributed by atoms with van der Waals surface area (Å²) in [4.78, 5) is 25.7. The zero-order valence-electron chi connectivity index (χ0n) is 14.9. The lowest BCUT2D eigenvalue weighted by Gasteiger charge is -2.22. The van der Waals surface area contributed by atoms with Crippen LogP contribution in [0.2, 0.25) is 0 Å². The molecule has 0 saturated carbocycles. The van der Waals surface area contributed by atoms with Gasteiger partial charge in [-0.3, -0.25) is 14.5 Å². The van der Waals surface area contributed by atoms with E-state index >= 15 is 0 Å². The molecule has 0 aliphatic carbocycles. The number of amides is 1. The normalized spacial score (nSPS) is 11.8. The van der Waals surface area contributed by atoms with E-state index in [-0.39, 0.29) is 24.3 Å². The number of benzene rings is 1. The average Bonchev–Trinajstić information content (AvgIpc) is 2.59. The molecule has 0 fully saturated rings. The molecule has 0 aliphatic rings. The Kier molecular flexibility index (Phi) is 8.05. The van der Waals surface area contributed by atoms with Crippen molar-refractivity contribution < 1.29 is 23.8 Å². The number of nitrogens with one attached hydrogen (secondary N) is 1. The summed E-state index contributed by atoms with van der Waals surface area (Å²) in [7, 11) is 4.45. The van der Waals surface area contributed by atoms with Crippen LogP contribution in [0.5, 0.6) is 11.5 Å². The van der Waals surface area contributed by atoms with E-state index in [1.165, 1.54) is 14.2 Å². The van der Waals surface area contributed by atoms with Gasteiger partial charge in [0.25, 0.3) is 0 Å². The topological polar surface area (TPSA) is 77.1 Å². The van der Waals surface area contributed by atoms with Gasteiger partial charge in [-0.2, -0.15) is 0 Å². The molecule has 0 radical (unpaired) electrons. The summed E-state index contributed by atoms with van der Waals surface area (Å²) in [6.07, 6.45) is 0. The fraction of sp³-hybridized carbons (Fsp3) is 0.529. The van der Waals surface area contributed by atoms with Gasteiger partial charge in [-0.25, -0.2) is 0 Å². The molecule has 0 heterocycles. The summed E-state index contributed by atoms with van der Waals surface area (Å²) in [6, 6.07) is 5.18. The Bertz CT molecular complexity index is 562. The van der Waals surface area contributed by atoms with E-state index in [1.54, 1.807) is 32.2 Å². The summed E-state index contributed by atoms with van der Waals surface area (Å²) in [5, 5.41) is 2.82.